The predicted molar refractivity (Wildman–Crippen MR) is 144 cm³/mol. The average molecular weight is 679 g/mol. The van der Waals surface area contributed by atoms with E-state index in [2.05, 4.69) is 10.2 Å². The average Bonchev–Trinajstić information content (AvgIpc) is 2.93. The molecule has 2 aromatic carbocycles. The summed E-state index contributed by atoms with van der Waals surface area (Å²) in [6.45, 7) is 3.04. The van der Waals surface area contributed by atoms with Gasteiger partial charge in [0.2, 0.25) is 0 Å². The van der Waals surface area contributed by atoms with Crippen molar-refractivity contribution >= 4 is 29.5 Å². The molecule has 0 radical (unpaired) electrons. The number of ether oxygens (including phenoxy) is 1. The van der Waals surface area contributed by atoms with E-state index in [0.29, 0.717) is 23.9 Å². The third-order valence-electron chi connectivity index (χ3n) is 5.85. The van der Waals surface area contributed by atoms with Crippen molar-refractivity contribution in [1.82, 2.24) is 10.2 Å². The Bertz CT molecular complexity index is 1230. The van der Waals surface area contributed by atoms with Crippen LogP contribution in [0.15, 0.2) is 42.5 Å². The number of halogens is 8. The van der Waals surface area contributed by atoms with Gasteiger partial charge in [-0.2, -0.15) is 26.3 Å². The van der Waals surface area contributed by atoms with Crippen LogP contribution >= 0.6 is 11.6 Å². The number of hydrogen-bond donors (Lipinski definition) is 5. The van der Waals surface area contributed by atoms with Gasteiger partial charge in [-0.05, 0) is 49.7 Å². The lowest BCUT2D eigenvalue weighted by Crippen LogP contribution is -2.45. The Labute approximate surface area is 257 Å². The molecule has 2 aromatic rings. The number of para-hydroxylation sites is 1. The summed E-state index contributed by atoms with van der Waals surface area (Å²) in [6, 6.07) is 12.1. The van der Waals surface area contributed by atoms with Crippen molar-refractivity contribution < 1.29 is 70.3 Å². The lowest BCUT2D eigenvalue weighted by Gasteiger charge is -2.33. The Hall–Kier alpha value is -3.67. The molecule has 1 fully saturated rings. The summed E-state index contributed by atoms with van der Waals surface area (Å²) in [5.74, 6) is -6.36. The summed E-state index contributed by atoms with van der Waals surface area (Å²) >= 11 is 5.86. The smallest absolute Gasteiger partial charge is 0.490 e. The number of aliphatic hydroxyl groups excluding tert-OH is 1. The summed E-state index contributed by atoms with van der Waals surface area (Å²) in [5.41, 5.74) is 1.58. The van der Waals surface area contributed by atoms with Crippen molar-refractivity contribution in [3.8, 4) is 5.75 Å². The molecular formula is C27H30ClF7N2O8. The van der Waals surface area contributed by atoms with E-state index in [9.17, 15) is 40.6 Å². The second-order valence-corrected chi connectivity index (χ2v) is 9.86. The van der Waals surface area contributed by atoms with E-state index in [0.717, 1.165) is 38.0 Å². The number of alkyl halides is 6. The SMILES string of the molecule is O=C(O)C(F)(F)F.O=C(O)C(F)(F)F.O=C(O)Cc1ccccc1OC[C@@H](O)CNC1CCN(Cc2ccc(F)c(Cl)c2)CC1. The first-order valence-corrected chi connectivity index (χ1v) is 13.3. The summed E-state index contributed by atoms with van der Waals surface area (Å²) in [5, 5.41) is 37.0. The van der Waals surface area contributed by atoms with Gasteiger partial charge in [0.1, 0.15) is 24.3 Å². The van der Waals surface area contributed by atoms with Crippen LogP contribution in [-0.2, 0) is 27.3 Å². The highest BCUT2D eigenvalue weighted by Gasteiger charge is 2.38. The van der Waals surface area contributed by atoms with Crippen LogP contribution in [0.25, 0.3) is 0 Å². The molecule has 45 heavy (non-hydrogen) atoms. The number of aliphatic carboxylic acids is 3. The maximum absolute atomic E-state index is 13.3. The van der Waals surface area contributed by atoms with Crippen molar-refractivity contribution in [2.45, 2.75) is 50.3 Å². The van der Waals surface area contributed by atoms with Gasteiger partial charge in [0.15, 0.2) is 0 Å². The largest absolute Gasteiger partial charge is 0.491 e. The molecule has 0 unspecified atom stereocenters. The number of carbonyl (C=O) groups is 3. The Morgan fingerprint density at radius 2 is 1.49 bits per heavy atom. The first-order chi connectivity index (χ1) is 20.8. The van der Waals surface area contributed by atoms with Crippen LogP contribution in [0.3, 0.4) is 0 Å². The number of hydrogen-bond acceptors (Lipinski definition) is 7. The monoisotopic (exact) mass is 678 g/mol. The van der Waals surface area contributed by atoms with Crippen LogP contribution in [0.4, 0.5) is 30.7 Å². The van der Waals surface area contributed by atoms with Gasteiger partial charge in [-0.3, -0.25) is 9.69 Å². The second-order valence-electron chi connectivity index (χ2n) is 9.46. The fraction of sp³-hybridized carbons (Fsp3) is 0.444. The molecule has 1 heterocycles. The van der Waals surface area contributed by atoms with Crippen LogP contribution in [-0.4, -0.2) is 94.0 Å². The van der Waals surface area contributed by atoms with Gasteiger partial charge in [-0.25, -0.2) is 14.0 Å². The highest BCUT2D eigenvalue weighted by Crippen LogP contribution is 2.21. The number of piperidine rings is 1. The third-order valence-corrected chi connectivity index (χ3v) is 6.14. The normalized spacial score (nSPS) is 14.7. The number of rotatable bonds is 10. The standard InChI is InChI=1S/C23H28ClFN2O4.2C2HF3O2/c24-20-11-16(5-6-21(20)25)14-27-9-7-18(8-10-27)26-13-19(28)15-31-22-4-2-1-3-17(22)12-23(29)30;2*3-2(4,5)1(6)7/h1-6,11,18-19,26,28H,7-10,12-15H2,(H,29,30);2*(H,6,7)/t19-;;/m0../s1. The van der Waals surface area contributed by atoms with Gasteiger partial charge < -0.3 is 30.5 Å². The lowest BCUT2D eigenvalue weighted by molar-refractivity contribution is -0.193. The highest BCUT2D eigenvalue weighted by atomic mass is 35.5. The van der Waals surface area contributed by atoms with E-state index in [1.807, 2.05) is 0 Å². The van der Waals surface area contributed by atoms with Crippen LogP contribution in [0.1, 0.15) is 24.0 Å². The van der Waals surface area contributed by atoms with Crippen molar-refractivity contribution in [3.05, 3.63) is 64.4 Å². The zero-order valence-electron chi connectivity index (χ0n) is 23.2. The van der Waals surface area contributed by atoms with E-state index >= 15 is 0 Å². The number of aliphatic hydroxyl groups is 1. The number of likely N-dealkylation sites (tertiary alicyclic amines) is 1. The molecule has 1 aliphatic rings. The molecule has 0 saturated carbocycles. The van der Waals surface area contributed by atoms with Gasteiger partial charge in [0, 0.05) is 24.7 Å². The summed E-state index contributed by atoms with van der Waals surface area (Å²) in [4.78, 5) is 31.0. The number of nitrogens with one attached hydrogen (secondary N) is 1. The summed E-state index contributed by atoms with van der Waals surface area (Å²) in [7, 11) is 0. The maximum Gasteiger partial charge on any atom is 0.490 e. The molecule has 252 valence electrons. The quantitative estimate of drug-likeness (QED) is 0.229. The first-order valence-electron chi connectivity index (χ1n) is 12.9. The molecule has 0 spiro atoms. The zero-order valence-corrected chi connectivity index (χ0v) is 24.0. The molecule has 0 bridgehead atoms. The van der Waals surface area contributed by atoms with Gasteiger partial charge >= 0.3 is 30.3 Å². The summed E-state index contributed by atoms with van der Waals surface area (Å²) < 4.78 is 82.4. The molecule has 1 aliphatic heterocycles. The minimum Gasteiger partial charge on any atom is -0.491 e. The van der Waals surface area contributed by atoms with Gasteiger partial charge in [-0.1, -0.05) is 35.9 Å². The van der Waals surface area contributed by atoms with Crippen LogP contribution in [0, 0.1) is 5.82 Å². The van der Waals surface area contributed by atoms with E-state index in [1.165, 1.54) is 6.07 Å². The Morgan fingerprint density at radius 3 is 1.98 bits per heavy atom. The first kappa shape index (κ1) is 39.4. The summed E-state index contributed by atoms with van der Waals surface area (Å²) in [6.07, 6.45) is -9.08. The topological polar surface area (TPSA) is 157 Å². The zero-order chi connectivity index (χ0) is 34.4. The number of nitrogens with zero attached hydrogens (tertiary/aromatic N) is 1. The van der Waals surface area contributed by atoms with Crippen LogP contribution in [0.5, 0.6) is 5.75 Å². The molecule has 10 nitrogen and oxygen atoms in total. The maximum atomic E-state index is 13.3. The van der Waals surface area contributed by atoms with Gasteiger partial charge in [0.05, 0.1) is 11.4 Å². The van der Waals surface area contributed by atoms with E-state index in [-0.39, 0.29) is 18.1 Å². The molecular weight excluding hydrogens is 649 g/mol. The van der Waals surface area contributed by atoms with E-state index in [1.54, 1.807) is 36.4 Å². The Morgan fingerprint density at radius 1 is 0.956 bits per heavy atom. The number of benzene rings is 2. The minimum absolute atomic E-state index is 0.0911. The van der Waals surface area contributed by atoms with E-state index in [4.69, 9.17) is 41.2 Å². The lowest BCUT2D eigenvalue weighted by atomic mass is 10.0. The van der Waals surface area contributed by atoms with Crippen molar-refractivity contribution in [2.75, 3.05) is 26.2 Å². The Balaban J connectivity index is 0.000000601. The third kappa shape index (κ3) is 16.3. The molecule has 5 N–H and O–H groups in total. The van der Waals surface area contributed by atoms with Crippen LogP contribution < -0.4 is 10.1 Å². The Kier molecular flexibility index (Phi) is 16.0. The van der Waals surface area contributed by atoms with Gasteiger partial charge in [0.25, 0.3) is 0 Å². The van der Waals surface area contributed by atoms with Crippen molar-refractivity contribution in [2.24, 2.45) is 0 Å². The number of carboxylic acids is 3. The molecule has 0 aliphatic carbocycles. The fourth-order valence-corrected chi connectivity index (χ4v) is 3.90. The van der Waals surface area contributed by atoms with Crippen LogP contribution in [0.2, 0.25) is 5.02 Å². The van der Waals surface area contributed by atoms with E-state index < -0.39 is 42.2 Å². The number of carboxylic acid groups (broad SMARTS) is 3. The highest BCUT2D eigenvalue weighted by molar-refractivity contribution is 6.30. The van der Waals surface area contributed by atoms with Crippen molar-refractivity contribution in [3.63, 3.8) is 0 Å². The fourth-order valence-electron chi connectivity index (χ4n) is 3.69. The molecule has 3 rings (SSSR count). The molecule has 1 saturated heterocycles. The molecule has 1 atom stereocenters. The molecule has 0 amide bonds. The second kappa shape index (κ2) is 18.3. The molecule has 18 heteroatoms. The molecule has 0 aromatic heterocycles. The minimum atomic E-state index is -5.08. The van der Waals surface area contributed by atoms with Gasteiger partial charge in [-0.15, -0.1) is 0 Å². The predicted octanol–water partition coefficient (Wildman–Crippen LogP) is 4.37. The van der Waals surface area contributed by atoms with Crippen molar-refractivity contribution in [1.29, 1.82) is 0 Å².